The molecular weight excluding hydrogens is 815 g/mol. The van der Waals surface area contributed by atoms with Crippen molar-refractivity contribution >= 4 is 32.8 Å². The van der Waals surface area contributed by atoms with E-state index in [9.17, 15) is 0 Å². The monoisotopic (exact) mass is 850 g/mol. The number of nitrogens with zero attached hydrogens (tertiary/aromatic N) is 3. The summed E-state index contributed by atoms with van der Waals surface area (Å²) in [4.78, 5) is 13.6. The van der Waals surface area contributed by atoms with Gasteiger partial charge in [0.15, 0.2) is 0 Å². The molecule has 9 rings (SSSR count). The van der Waals surface area contributed by atoms with Crippen LogP contribution in [0.3, 0.4) is 0 Å². The summed E-state index contributed by atoms with van der Waals surface area (Å²) in [6.45, 7) is 8.26. The van der Waals surface area contributed by atoms with Gasteiger partial charge in [-0.25, -0.2) is 4.98 Å². The molecule has 255 valence electrons. The van der Waals surface area contributed by atoms with E-state index in [-0.39, 0.29) is 20.1 Å². The van der Waals surface area contributed by atoms with Gasteiger partial charge in [-0.05, 0) is 101 Å². The van der Waals surface area contributed by atoms with Crippen LogP contribution < -0.4 is 0 Å². The molecule has 0 amide bonds. The maximum absolute atomic E-state index is 6.21. The number of hydrogen-bond acceptors (Lipinski definition) is 4. The van der Waals surface area contributed by atoms with Gasteiger partial charge < -0.3 is 14.4 Å². The molecule has 0 aliphatic rings. The van der Waals surface area contributed by atoms with Gasteiger partial charge in [0, 0.05) is 43.6 Å². The first kappa shape index (κ1) is 34.7. The molecule has 9 aromatic rings. The van der Waals surface area contributed by atoms with Crippen molar-refractivity contribution in [2.45, 2.75) is 27.7 Å². The minimum atomic E-state index is 0. The van der Waals surface area contributed by atoms with Gasteiger partial charge in [0.2, 0.25) is 5.71 Å². The second-order valence-corrected chi connectivity index (χ2v) is 13.0. The van der Waals surface area contributed by atoms with Gasteiger partial charge in [0.25, 0.3) is 0 Å². The van der Waals surface area contributed by atoms with Crippen molar-refractivity contribution in [1.82, 2.24) is 15.0 Å². The summed E-state index contributed by atoms with van der Waals surface area (Å²) in [7, 11) is 0. The first-order valence-corrected chi connectivity index (χ1v) is 17.1. The molecule has 0 aliphatic heterocycles. The number of pyridine rings is 3. The number of aryl methyl sites for hydroxylation is 4. The zero-order valence-electron chi connectivity index (χ0n) is 29.4. The number of aromatic nitrogens is 3. The zero-order valence-corrected chi connectivity index (χ0v) is 31.8. The van der Waals surface area contributed by atoms with Crippen molar-refractivity contribution in [2.24, 2.45) is 0 Å². The molecule has 0 aliphatic carbocycles. The van der Waals surface area contributed by atoms with E-state index in [1.165, 1.54) is 44.2 Å². The molecule has 0 N–H and O–H groups in total. The van der Waals surface area contributed by atoms with E-state index in [4.69, 9.17) is 9.40 Å². The molecule has 5 heteroatoms. The Morgan fingerprint density at radius 2 is 1.42 bits per heavy atom. The van der Waals surface area contributed by atoms with Crippen LogP contribution in [-0.2, 0) is 20.1 Å². The number of furan rings is 1. The van der Waals surface area contributed by atoms with Crippen LogP contribution in [0.2, 0.25) is 0 Å². The Bertz CT molecular complexity index is 2620. The number of benzene rings is 5. The van der Waals surface area contributed by atoms with Crippen LogP contribution >= 0.6 is 0 Å². The molecule has 1 radical (unpaired) electrons. The van der Waals surface area contributed by atoms with Crippen molar-refractivity contribution < 1.29 is 24.5 Å². The van der Waals surface area contributed by atoms with Crippen LogP contribution in [-0.4, -0.2) is 15.0 Å². The summed E-state index contributed by atoms with van der Waals surface area (Å²) in [6, 6.07) is 50.7. The SMILES string of the molecule is Cc1c[c-]c(-c2ccc(C)cn2)cc1.Cc1ccc2c(n1)oc1c(-c3cc(-c4ccc5cc(-c6ccccc6)ccc5c4C)ccn3)[c-]ccc12.[Ir]. The topological polar surface area (TPSA) is 51.8 Å². The van der Waals surface area contributed by atoms with Gasteiger partial charge >= 0.3 is 0 Å². The third kappa shape index (κ3) is 6.94. The normalized spacial score (nSPS) is 10.9. The van der Waals surface area contributed by atoms with Crippen LogP contribution in [0.15, 0.2) is 144 Å². The summed E-state index contributed by atoms with van der Waals surface area (Å²) >= 11 is 0. The molecule has 0 saturated heterocycles. The average Bonchev–Trinajstić information content (AvgIpc) is 3.54. The molecule has 0 fully saturated rings. The van der Waals surface area contributed by atoms with E-state index >= 15 is 0 Å². The first-order valence-electron chi connectivity index (χ1n) is 17.1. The van der Waals surface area contributed by atoms with Crippen molar-refractivity contribution in [3.05, 3.63) is 174 Å². The van der Waals surface area contributed by atoms with Crippen molar-refractivity contribution in [2.75, 3.05) is 0 Å². The van der Waals surface area contributed by atoms with Crippen molar-refractivity contribution in [3.63, 3.8) is 0 Å². The van der Waals surface area contributed by atoms with E-state index in [2.05, 4.69) is 121 Å². The van der Waals surface area contributed by atoms with Gasteiger partial charge in [-0.2, -0.15) is 0 Å². The Balaban J connectivity index is 0.000000236. The standard InChI is InChI=1S/C34H23N2O.C13H12N.Ir/c1-21-11-14-30-29-9-6-10-31(33(29)37-34(30)36-21)32-20-26(17-18-35-32)28-16-13-25-19-24(12-15-27(25)22(28)2)23-7-4-3-5-8-23;1-10-3-6-12(7-4-10)13-8-5-11(2)9-14-13;/h3-9,11-20H,1-2H3;3-6,8-9H,1-2H3;/q2*-1;. The molecule has 4 aromatic heterocycles. The molecule has 0 unspecified atom stereocenters. The van der Waals surface area contributed by atoms with E-state index < -0.39 is 0 Å². The number of rotatable bonds is 4. The van der Waals surface area contributed by atoms with E-state index in [1.54, 1.807) is 0 Å². The smallest absolute Gasteiger partial charge is 0.216 e. The molecule has 52 heavy (non-hydrogen) atoms. The summed E-state index contributed by atoms with van der Waals surface area (Å²) < 4.78 is 6.21. The minimum Gasteiger partial charge on any atom is -0.486 e. The number of fused-ring (bicyclic) bond motifs is 4. The van der Waals surface area contributed by atoms with Gasteiger partial charge in [0.05, 0.1) is 5.58 Å². The fraction of sp³-hybridized carbons (Fsp3) is 0.0851. The van der Waals surface area contributed by atoms with E-state index in [0.717, 1.165) is 50.1 Å². The van der Waals surface area contributed by atoms with Gasteiger partial charge in [0.1, 0.15) is 0 Å². The fourth-order valence-corrected chi connectivity index (χ4v) is 6.54. The Kier molecular flexibility index (Phi) is 9.91. The fourth-order valence-electron chi connectivity index (χ4n) is 6.54. The van der Waals surface area contributed by atoms with Crippen molar-refractivity contribution in [1.29, 1.82) is 0 Å². The second kappa shape index (κ2) is 14.9. The second-order valence-electron chi connectivity index (χ2n) is 13.0. The molecule has 5 aromatic carbocycles. The molecular formula is C47H35IrN3O-2. The molecule has 4 nitrogen and oxygen atoms in total. The molecule has 0 atom stereocenters. The predicted octanol–water partition coefficient (Wildman–Crippen LogP) is 12.1. The van der Waals surface area contributed by atoms with Crippen molar-refractivity contribution in [3.8, 4) is 44.8 Å². The van der Waals surface area contributed by atoms with Crippen LogP contribution in [0.5, 0.6) is 0 Å². The van der Waals surface area contributed by atoms with Gasteiger partial charge in [-0.1, -0.05) is 90.7 Å². The molecule has 0 bridgehead atoms. The van der Waals surface area contributed by atoms with E-state index in [0.29, 0.717) is 5.71 Å². The molecule has 4 heterocycles. The van der Waals surface area contributed by atoms with Crippen LogP contribution in [0, 0.1) is 39.8 Å². The maximum Gasteiger partial charge on any atom is 0.216 e. The average molecular weight is 850 g/mol. The van der Waals surface area contributed by atoms with E-state index in [1.807, 2.05) is 68.7 Å². The van der Waals surface area contributed by atoms with Crippen LogP contribution in [0.25, 0.3) is 77.6 Å². The Morgan fingerprint density at radius 3 is 2.21 bits per heavy atom. The predicted molar refractivity (Wildman–Crippen MR) is 209 cm³/mol. The van der Waals surface area contributed by atoms with Gasteiger partial charge in [-0.3, -0.25) is 0 Å². The summed E-state index contributed by atoms with van der Waals surface area (Å²) in [5, 5.41) is 4.52. The molecule has 0 saturated carbocycles. The summed E-state index contributed by atoms with van der Waals surface area (Å²) in [5.74, 6) is 0. The quantitative estimate of drug-likeness (QED) is 0.166. The Hall–Kier alpha value is -5.74. The zero-order chi connectivity index (χ0) is 34.9. The summed E-state index contributed by atoms with van der Waals surface area (Å²) in [5.41, 5.74) is 14.5. The van der Waals surface area contributed by atoms with Crippen LogP contribution in [0.1, 0.15) is 22.4 Å². The number of hydrogen-bond donors (Lipinski definition) is 0. The molecule has 0 spiro atoms. The minimum absolute atomic E-state index is 0. The summed E-state index contributed by atoms with van der Waals surface area (Å²) in [6.07, 6.45) is 3.74. The largest absolute Gasteiger partial charge is 0.486 e. The Labute approximate surface area is 317 Å². The third-order valence-corrected chi connectivity index (χ3v) is 9.32. The van der Waals surface area contributed by atoms with Crippen LogP contribution in [0.4, 0.5) is 0 Å². The Morgan fingerprint density at radius 1 is 0.596 bits per heavy atom. The first-order chi connectivity index (χ1) is 24.9. The third-order valence-electron chi connectivity index (χ3n) is 9.32. The maximum atomic E-state index is 6.21. The van der Waals surface area contributed by atoms with Gasteiger partial charge in [-0.15, -0.1) is 53.6 Å².